The Morgan fingerprint density at radius 2 is 1.89 bits per heavy atom. The maximum absolute atomic E-state index is 12.9. The van der Waals surface area contributed by atoms with E-state index in [1.54, 1.807) is 29.2 Å². The highest BCUT2D eigenvalue weighted by atomic mass is 35.5. The Hall–Kier alpha value is -2.05. The fraction of sp³-hybridized carbons (Fsp3) is 0.0476. The van der Waals surface area contributed by atoms with E-state index in [1.807, 2.05) is 43.3 Å². The second-order valence-corrected chi connectivity index (χ2v) is 8.68. The first kappa shape index (κ1) is 19.3. The number of thioether (sulfide) groups is 1. The molecule has 0 atom stereocenters. The van der Waals surface area contributed by atoms with Crippen LogP contribution in [0.5, 0.6) is 0 Å². The molecule has 1 amide bonds. The smallest absolute Gasteiger partial charge is 0.270 e. The number of furan rings is 1. The lowest BCUT2D eigenvalue weighted by atomic mass is 10.2. The second-order valence-electron chi connectivity index (χ2n) is 6.19. The second kappa shape index (κ2) is 7.76. The molecule has 1 aromatic heterocycles. The van der Waals surface area contributed by atoms with Gasteiger partial charge < -0.3 is 4.42 Å². The van der Waals surface area contributed by atoms with Gasteiger partial charge in [0.1, 0.15) is 11.5 Å². The first-order valence-corrected chi connectivity index (χ1v) is 10.3. The van der Waals surface area contributed by atoms with Gasteiger partial charge in [0.05, 0.1) is 20.6 Å². The Bertz CT molecular complexity index is 1140. The Kier molecular flexibility index (Phi) is 5.34. The van der Waals surface area contributed by atoms with Gasteiger partial charge in [0, 0.05) is 11.6 Å². The van der Waals surface area contributed by atoms with Gasteiger partial charge >= 0.3 is 0 Å². The molecular weight excluding hydrogens is 433 g/mol. The fourth-order valence-electron chi connectivity index (χ4n) is 2.82. The zero-order valence-corrected chi connectivity index (χ0v) is 17.8. The number of amides is 1. The molecule has 0 bridgehead atoms. The van der Waals surface area contributed by atoms with Crippen molar-refractivity contribution in [3.63, 3.8) is 0 Å². The van der Waals surface area contributed by atoms with E-state index >= 15 is 0 Å². The van der Waals surface area contributed by atoms with Crippen molar-refractivity contribution < 1.29 is 9.21 Å². The van der Waals surface area contributed by atoms with Crippen LogP contribution < -0.4 is 4.90 Å². The third-order valence-electron chi connectivity index (χ3n) is 4.16. The predicted molar refractivity (Wildman–Crippen MR) is 121 cm³/mol. The SMILES string of the molecule is Cc1cccc(N2C(=O)/C(=C/c3ccc(-c4ccc(Cl)c(Cl)c4)o3)SC2=S)c1. The Morgan fingerprint density at radius 1 is 1.07 bits per heavy atom. The molecule has 0 N–H and O–H groups in total. The van der Waals surface area contributed by atoms with Gasteiger partial charge in [-0.1, -0.05) is 59.3 Å². The van der Waals surface area contributed by atoms with E-state index in [1.165, 1.54) is 11.8 Å². The van der Waals surface area contributed by atoms with Crippen molar-refractivity contribution in [1.82, 2.24) is 0 Å². The van der Waals surface area contributed by atoms with E-state index < -0.39 is 0 Å². The van der Waals surface area contributed by atoms with E-state index in [2.05, 4.69) is 0 Å². The molecule has 28 heavy (non-hydrogen) atoms. The number of carbonyl (C=O) groups excluding carboxylic acids is 1. The van der Waals surface area contributed by atoms with Crippen LogP contribution in [-0.4, -0.2) is 10.2 Å². The van der Waals surface area contributed by atoms with Crippen molar-refractivity contribution in [2.75, 3.05) is 4.90 Å². The minimum atomic E-state index is -0.159. The maximum Gasteiger partial charge on any atom is 0.270 e. The number of hydrogen-bond acceptors (Lipinski definition) is 4. The lowest BCUT2D eigenvalue weighted by Crippen LogP contribution is -2.27. The number of rotatable bonds is 3. The third kappa shape index (κ3) is 3.76. The lowest BCUT2D eigenvalue weighted by molar-refractivity contribution is -0.113. The molecule has 1 aliphatic heterocycles. The van der Waals surface area contributed by atoms with Gasteiger partial charge in [-0.3, -0.25) is 9.69 Å². The van der Waals surface area contributed by atoms with Crippen LogP contribution in [-0.2, 0) is 4.79 Å². The first-order chi connectivity index (χ1) is 13.4. The number of carbonyl (C=O) groups is 1. The van der Waals surface area contributed by atoms with Crippen LogP contribution >= 0.6 is 47.2 Å². The van der Waals surface area contributed by atoms with Gasteiger partial charge in [0.2, 0.25) is 0 Å². The largest absolute Gasteiger partial charge is 0.457 e. The van der Waals surface area contributed by atoms with Gasteiger partial charge in [-0.25, -0.2) is 0 Å². The van der Waals surface area contributed by atoms with Crippen molar-refractivity contribution in [2.24, 2.45) is 0 Å². The molecule has 3 nitrogen and oxygen atoms in total. The van der Waals surface area contributed by atoms with Crippen LogP contribution in [0.2, 0.25) is 10.0 Å². The quantitative estimate of drug-likeness (QED) is 0.321. The predicted octanol–water partition coefficient (Wildman–Crippen LogP) is 6.97. The molecule has 0 radical (unpaired) electrons. The van der Waals surface area contributed by atoms with Crippen molar-refractivity contribution in [3.8, 4) is 11.3 Å². The number of benzene rings is 2. The van der Waals surface area contributed by atoms with Crippen LogP contribution in [0.25, 0.3) is 17.4 Å². The van der Waals surface area contributed by atoms with Crippen molar-refractivity contribution in [1.29, 1.82) is 0 Å². The molecule has 1 saturated heterocycles. The number of thiocarbonyl (C=S) groups is 1. The zero-order chi connectivity index (χ0) is 19.8. The van der Waals surface area contributed by atoms with Crippen LogP contribution in [0.3, 0.4) is 0 Å². The Morgan fingerprint density at radius 3 is 2.64 bits per heavy atom. The highest BCUT2D eigenvalue weighted by molar-refractivity contribution is 8.27. The van der Waals surface area contributed by atoms with Crippen molar-refractivity contribution >= 4 is 69.2 Å². The summed E-state index contributed by atoms with van der Waals surface area (Å²) in [5, 5.41) is 0.938. The fourth-order valence-corrected chi connectivity index (χ4v) is 4.40. The molecule has 0 aliphatic carbocycles. The highest BCUT2D eigenvalue weighted by Crippen LogP contribution is 2.37. The minimum Gasteiger partial charge on any atom is -0.457 e. The number of anilines is 1. The minimum absolute atomic E-state index is 0.159. The van der Waals surface area contributed by atoms with E-state index in [4.69, 9.17) is 39.8 Å². The summed E-state index contributed by atoms with van der Waals surface area (Å²) >= 11 is 18.7. The lowest BCUT2D eigenvalue weighted by Gasteiger charge is -2.14. The molecule has 7 heteroatoms. The summed E-state index contributed by atoms with van der Waals surface area (Å²) < 4.78 is 6.36. The number of aryl methyl sites for hydroxylation is 1. The molecule has 2 aromatic carbocycles. The highest BCUT2D eigenvalue weighted by Gasteiger charge is 2.33. The molecule has 4 rings (SSSR count). The molecule has 2 heterocycles. The van der Waals surface area contributed by atoms with E-state index in [0.717, 1.165) is 16.8 Å². The number of nitrogens with zero attached hydrogens (tertiary/aromatic N) is 1. The van der Waals surface area contributed by atoms with E-state index in [-0.39, 0.29) is 5.91 Å². The molecule has 0 spiro atoms. The molecule has 0 saturated carbocycles. The molecule has 1 fully saturated rings. The number of hydrogen-bond donors (Lipinski definition) is 0. The molecule has 3 aromatic rings. The summed E-state index contributed by atoms with van der Waals surface area (Å²) in [6.07, 6.45) is 1.70. The average molecular weight is 446 g/mol. The van der Waals surface area contributed by atoms with Crippen LogP contribution in [0.15, 0.2) is 63.9 Å². The summed E-state index contributed by atoms with van der Waals surface area (Å²) in [4.78, 5) is 14.9. The van der Waals surface area contributed by atoms with E-state index in [9.17, 15) is 4.79 Å². The molecule has 0 unspecified atom stereocenters. The first-order valence-electron chi connectivity index (χ1n) is 8.32. The van der Waals surface area contributed by atoms with Crippen molar-refractivity contribution in [3.05, 3.63) is 80.9 Å². The summed E-state index contributed by atoms with van der Waals surface area (Å²) in [5.74, 6) is 1.04. The van der Waals surface area contributed by atoms with Gasteiger partial charge in [-0.15, -0.1) is 0 Å². The average Bonchev–Trinajstić information content (AvgIpc) is 3.22. The van der Waals surface area contributed by atoms with Crippen molar-refractivity contribution in [2.45, 2.75) is 6.92 Å². The van der Waals surface area contributed by atoms with E-state index in [0.29, 0.717) is 30.8 Å². The van der Waals surface area contributed by atoms with Crippen LogP contribution in [0, 0.1) is 6.92 Å². The topological polar surface area (TPSA) is 33.5 Å². The summed E-state index contributed by atoms with van der Waals surface area (Å²) in [5.41, 5.74) is 2.64. The standard InChI is InChI=1S/C21H13Cl2NO2S2/c1-12-3-2-4-14(9-12)24-20(25)19(28-21(24)27)11-15-6-8-18(26-15)13-5-7-16(22)17(23)10-13/h2-11H,1H3/b19-11-. The molecule has 140 valence electrons. The van der Waals surface area contributed by atoms with Gasteiger partial charge in [-0.2, -0.15) is 0 Å². The Labute approximate surface area is 181 Å². The molecule has 1 aliphatic rings. The monoisotopic (exact) mass is 445 g/mol. The third-order valence-corrected chi connectivity index (χ3v) is 6.20. The zero-order valence-electron chi connectivity index (χ0n) is 14.6. The maximum atomic E-state index is 12.9. The van der Waals surface area contributed by atoms with Gasteiger partial charge in [-0.05, 0) is 55.0 Å². The van der Waals surface area contributed by atoms with Crippen LogP contribution in [0.1, 0.15) is 11.3 Å². The summed E-state index contributed by atoms with van der Waals surface area (Å²) in [7, 11) is 0. The summed E-state index contributed by atoms with van der Waals surface area (Å²) in [6.45, 7) is 1.98. The normalized spacial score (nSPS) is 15.7. The molecular formula is C21H13Cl2NO2S2. The number of halogens is 2. The van der Waals surface area contributed by atoms with Gasteiger partial charge in [0.15, 0.2) is 4.32 Å². The summed E-state index contributed by atoms with van der Waals surface area (Å²) in [6, 6.07) is 16.6. The Balaban J connectivity index is 1.61. The van der Waals surface area contributed by atoms with Crippen LogP contribution in [0.4, 0.5) is 5.69 Å². The van der Waals surface area contributed by atoms with Gasteiger partial charge in [0.25, 0.3) is 5.91 Å².